The van der Waals surface area contributed by atoms with Gasteiger partial charge in [-0.2, -0.15) is 5.10 Å². The summed E-state index contributed by atoms with van der Waals surface area (Å²) in [5.41, 5.74) is 1.20. The molecule has 3 rings (SSSR count). The first-order valence-corrected chi connectivity index (χ1v) is 8.24. The molecule has 2 aliphatic rings. The topological polar surface area (TPSA) is 33.1 Å². The van der Waals surface area contributed by atoms with Gasteiger partial charge >= 0.3 is 0 Å². The van der Waals surface area contributed by atoms with E-state index in [0.29, 0.717) is 6.04 Å². The minimum atomic E-state index is 0.664. The number of nitrogens with one attached hydrogen (secondary N) is 1. The summed E-state index contributed by atoms with van der Waals surface area (Å²) in [5, 5.41) is 8.33. The van der Waals surface area contributed by atoms with Gasteiger partial charge in [0.2, 0.25) is 0 Å². The Bertz CT molecular complexity index is 400. The number of nitrogens with zero attached hydrogens (tertiary/aromatic N) is 3. The Kier molecular flexibility index (Phi) is 4.73. The molecule has 1 N–H and O–H groups in total. The molecule has 20 heavy (non-hydrogen) atoms. The van der Waals surface area contributed by atoms with Crippen LogP contribution in [0.2, 0.25) is 0 Å². The Labute approximate surface area is 122 Å². The van der Waals surface area contributed by atoms with Crippen LogP contribution in [-0.2, 0) is 6.54 Å². The molecule has 0 radical (unpaired) electrons. The maximum atomic E-state index is 4.73. The summed E-state index contributed by atoms with van der Waals surface area (Å²) < 4.78 is 2.19. The summed E-state index contributed by atoms with van der Waals surface area (Å²) in [4.78, 5) is 2.43. The number of hydrogen-bond donors (Lipinski definition) is 1. The standard InChI is InChI=1S/C16H28N4/c1-19-9-6-14(7-10-19)12-17-13-15-8-11-20(18-15)16-4-2-3-5-16/h8,11,14,16-17H,2-7,9-10,12-13H2,1H3. The molecule has 1 aromatic rings. The highest BCUT2D eigenvalue weighted by Gasteiger charge is 2.18. The van der Waals surface area contributed by atoms with Gasteiger partial charge in [0.05, 0.1) is 11.7 Å². The molecule has 112 valence electrons. The van der Waals surface area contributed by atoms with Crippen molar-refractivity contribution in [3.63, 3.8) is 0 Å². The normalized spacial score (nSPS) is 22.6. The van der Waals surface area contributed by atoms with E-state index in [1.807, 2.05) is 0 Å². The largest absolute Gasteiger partial charge is 0.311 e. The van der Waals surface area contributed by atoms with Crippen molar-refractivity contribution in [3.05, 3.63) is 18.0 Å². The number of rotatable bonds is 5. The zero-order valence-electron chi connectivity index (χ0n) is 12.7. The van der Waals surface area contributed by atoms with Gasteiger partial charge in [-0.1, -0.05) is 12.8 Å². The SMILES string of the molecule is CN1CCC(CNCc2ccn(C3CCCC3)n2)CC1. The fourth-order valence-corrected chi connectivity index (χ4v) is 3.51. The third kappa shape index (κ3) is 3.61. The summed E-state index contributed by atoms with van der Waals surface area (Å²) in [6, 6.07) is 2.84. The molecule has 0 aromatic carbocycles. The highest BCUT2D eigenvalue weighted by Crippen LogP contribution is 2.28. The third-order valence-electron chi connectivity index (χ3n) is 4.94. The van der Waals surface area contributed by atoms with E-state index in [1.54, 1.807) is 0 Å². The summed E-state index contributed by atoms with van der Waals surface area (Å²) in [6.45, 7) is 4.57. The molecular formula is C16H28N4. The Morgan fingerprint density at radius 2 is 1.95 bits per heavy atom. The predicted octanol–water partition coefficient (Wildman–Crippen LogP) is 2.43. The molecule has 1 saturated heterocycles. The maximum Gasteiger partial charge on any atom is 0.0762 e. The summed E-state index contributed by atoms with van der Waals surface area (Å²) in [7, 11) is 2.22. The van der Waals surface area contributed by atoms with Gasteiger partial charge in [0.25, 0.3) is 0 Å². The lowest BCUT2D eigenvalue weighted by Gasteiger charge is -2.28. The van der Waals surface area contributed by atoms with Crippen LogP contribution in [0.15, 0.2) is 12.3 Å². The fourth-order valence-electron chi connectivity index (χ4n) is 3.51. The van der Waals surface area contributed by atoms with Crippen LogP contribution >= 0.6 is 0 Å². The van der Waals surface area contributed by atoms with Crippen LogP contribution in [0.3, 0.4) is 0 Å². The zero-order valence-corrected chi connectivity index (χ0v) is 12.7. The van der Waals surface area contributed by atoms with Crippen molar-refractivity contribution in [1.29, 1.82) is 0 Å². The second-order valence-electron chi connectivity index (χ2n) is 6.60. The van der Waals surface area contributed by atoms with Crippen LogP contribution in [0.25, 0.3) is 0 Å². The molecule has 1 aliphatic carbocycles. The minimum absolute atomic E-state index is 0.664. The van der Waals surface area contributed by atoms with Crippen LogP contribution in [0, 0.1) is 5.92 Å². The zero-order chi connectivity index (χ0) is 13.8. The van der Waals surface area contributed by atoms with Crippen LogP contribution in [0.5, 0.6) is 0 Å². The van der Waals surface area contributed by atoms with E-state index in [9.17, 15) is 0 Å². The highest BCUT2D eigenvalue weighted by molar-refractivity contribution is 5.00. The van der Waals surface area contributed by atoms with Crippen molar-refractivity contribution >= 4 is 0 Å². The Hall–Kier alpha value is -0.870. The molecule has 4 heteroatoms. The van der Waals surface area contributed by atoms with E-state index in [1.165, 1.54) is 57.3 Å². The number of hydrogen-bond acceptors (Lipinski definition) is 3. The van der Waals surface area contributed by atoms with Gasteiger partial charge in [0, 0.05) is 12.7 Å². The van der Waals surface area contributed by atoms with E-state index in [2.05, 4.69) is 34.2 Å². The minimum Gasteiger partial charge on any atom is -0.311 e. The third-order valence-corrected chi connectivity index (χ3v) is 4.94. The summed E-state index contributed by atoms with van der Waals surface area (Å²) in [6.07, 6.45) is 10.2. The van der Waals surface area contributed by atoms with Crippen LogP contribution in [0.4, 0.5) is 0 Å². The molecule has 1 saturated carbocycles. The van der Waals surface area contributed by atoms with Crippen molar-refractivity contribution in [1.82, 2.24) is 20.0 Å². The van der Waals surface area contributed by atoms with Crippen LogP contribution in [-0.4, -0.2) is 41.4 Å². The second kappa shape index (κ2) is 6.72. The molecule has 1 aliphatic heterocycles. The van der Waals surface area contributed by atoms with E-state index in [4.69, 9.17) is 5.10 Å². The van der Waals surface area contributed by atoms with E-state index < -0.39 is 0 Å². The van der Waals surface area contributed by atoms with Crippen molar-refractivity contribution in [2.45, 2.75) is 51.1 Å². The van der Waals surface area contributed by atoms with Gasteiger partial charge in [0.15, 0.2) is 0 Å². The fraction of sp³-hybridized carbons (Fsp3) is 0.812. The first kappa shape index (κ1) is 14.1. The maximum absolute atomic E-state index is 4.73. The average Bonchev–Trinajstić information content (AvgIpc) is 3.11. The molecular weight excluding hydrogens is 248 g/mol. The van der Waals surface area contributed by atoms with Crippen molar-refractivity contribution in [2.24, 2.45) is 5.92 Å². The summed E-state index contributed by atoms with van der Waals surface area (Å²) >= 11 is 0. The Morgan fingerprint density at radius 3 is 2.70 bits per heavy atom. The van der Waals surface area contributed by atoms with Gasteiger partial charge < -0.3 is 10.2 Å². The van der Waals surface area contributed by atoms with Gasteiger partial charge in [-0.05, 0) is 64.3 Å². The lowest BCUT2D eigenvalue weighted by Crippen LogP contribution is -2.34. The average molecular weight is 276 g/mol. The molecule has 0 atom stereocenters. The van der Waals surface area contributed by atoms with Crippen molar-refractivity contribution in [2.75, 3.05) is 26.7 Å². The lowest BCUT2D eigenvalue weighted by atomic mass is 9.97. The number of aromatic nitrogens is 2. The molecule has 4 nitrogen and oxygen atoms in total. The van der Waals surface area contributed by atoms with E-state index >= 15 is 0 Å². The van der Waals surface area contributed by atoms with Gasteiger partial charge in [0.1, 0.15) is 0 Å². The molecule has 2 fully saturated rings. The van der Waals surface area contributed by atoms with E-state index in [-0.39, 0.29) is 0 Å². The molecule has 2 heterocycles. The molecule has 1 aromatic heterocycles. The number of piperidine rings is 1. The molecule has 0 unspecified atom stereocenters. The van der Waals surface area contributed by atoms with E-state index in [0.717, 1.165) is 19.0 Å². The quantitative estimate of drug-likeness (QED) is 0.896. The highest BCUT2D eigenvalue weighted by atomic mass is 15.3. The lowest BCUT2D eigenvalue weighted by molar-refractivity contribution is 0.216. The van der Waals surface area contributed by atoms with Gasteiger partial charge in [-0.3, -0.25) is 4.68 Å². The van der Waals surface area contributed by atoms with Gasteiger partial charge in [-0.25, -0.2) is 0 Å². The molecule has 0 bridgehead atoms. The summed E-state index contributed by atoms with van der Waals surface area (Å²) in [5.74, 6) is 0.850. The molecule has 0 spiro atoms. The van der Waals surface area contributed by atoms with Crippen LogP contribution in [0.1, 0.15) is 50.3 Å². The predicted molar refractivity (Wildman–Crippen MR) is 81.7 cm³/mol. The van der Waals surface area contributed by atoms with Crippen molar-refractivity contribution in [3.8, 4) is 0 Å². The second-order valence-corrected chi connectivity index (χ2v) is 6.60. The number of likely N-dealkylation sites (tertiary alicyclic amines) is 1. The smallest absolute Gasteiger partial charge is 0.0762 e. The van der Waals surface area contributed by atoms with Gasteiger partial charge in [-0.15, -0.1) is 0 Å². The Morgan fingerprint density at radius 1 is 1.20 bits per heavy atom. The Balaban J connectivity index is 1.40. The first-order chi connectivity index (χ1) is 9.81. The monoisotopic (exact) mass is 276 g/mol. The van der Waals surface area contributed by atoms with Crippen LogP contribution < -0.4 is 5.32 Å². The molecule has 0 amide bonds. The van der Waals surface area contributed by atoms with Crippen molar-refractivity contribution < 1.29 is 0 Å². The first-order valence-electron chi connectivity index (χ1n) is 8.24.